The van der Waals surface area contributed by atoms with Gasteiger partial charge in [-0.2, -0.15) is 0 Å². The van der Waals surface area contributed by atoms with Crippen LogP contribution in [0.4, 0.5) is 0 Å². The molecule has 0 spiro atoms. The van der Waals surface area contributed by atoms with Gasteiger partial charge < -0.3 is 18.9 Å². The topological polar surface area (TPSA) is 47.4 Å². The predicted molar refractivity (Wildman–Crippen MR) is 264 cm³/mol. The summed E-state index contributed by atoms with van der Waals surface area (Å²) in [5.74, 6) is 0.392. The van der Waals surface area contributed by atoms with Crippen LogP contribution in [0, 0.1) is 23.7 Å². The van der Waals surface area contributed by atoms with E-state index in [1.54, 1.807) is 0 Å². The van der Waals surface area contributed by atoms with Gasteiger partial charge in [0.15, 0.2) is 5.42 Å². The number of benzene rings is 6. The molecule has 5 atom stereocenters. The van der Waals surface area contributed by atoms with Gasteiger partial charge in [0.1, 0.15) is 17.1 Å². The maximum atomic E-state index is 6.88. The smallest absolute Gasteiger partial charge is 0.172 e. The molecule has 0 fully saturated rings. The first-order chi connectivity index (χ1) is 31.7. The van der Waals surface area contributed by atoms with Crippen LogP contribution < -0.4 is 16.1 Å². The average molecular weight is 827 g/mol. The lowest BCUT2D eigenvalue weighted by atomic mass is 9.71. The van der Waals surface area contributed by atoms with Crippen LogP contribution in [0.15, 0.2) is 215 Å². The molecule has 3 aromatic heterocycles. The molecule has 3 aliphatic carbocycles. The minimum Gasteiger partial charge on any atom is -0.453 e. The van der Waals surface area contributed by atoms with Crippen LogP contribution in [-0.2, 0) is 0 Å². The Labute approximate surface area is 371 Å². The highest BCUT2D eigenvalue weighted by atomic mass is 16.3. The summed E-state index contributed by atoms with van der Waals surface area (Å²) in [6, 6.07) is 53.1. The summed E-state index contributed by atoms with van der Waals surface area (Å²) in [4.78, 5) is 5.44. The van der Waals surface area contributed by atoms with Crippen molar-refractivity contribution in [3.63, 3.8) is 0 Å². The molecule has 1 aliphatic heterocycles. The minimum atomic E-state index is -0.130. The van der Waals surface area contributed by atoms with E-state index in [1.165, 1.54) is 66.0 Å². The summed E-state index contributed by atoms with van der Waals surface area (Å²) >= 11 is 0. The number of aromatic nitrogens is 2. The second-order valence-corrected chi connectivity index (χ2v) is 17.8. The van der Waals surface area contributed by atoms with Crippen LogP contribution in [0.3, 0.4) is 0 Å². The van der Waals surface area contributed by atoms with Gasteiger partial charge >= 0.3 is 0 Å². The molecule has 1 N–H and O–H groups in total. The first kappa shape index (κ1) is 37.0. The third-order valence-corrected chi connectivity index (χ3v) is 14.2. The molecule has 5 heteroatoms. The largest absolute Gasteiger partial charge is 0.453 e. The molecule has 0 radical (unpaired) electrons. The van der Waals surface area contributed by atoms with Crippen molar-refractivity contribution >= 4 is 71.5 Å². The van der Waals surface area contributed by atoms with E-state index in [0.717, 1.165) is 46.0 Å². The minimum absolute atomic E-state index is 0.0302. The Balaban J connectivity index is 1.12. The van der Waals surface area contributed by atoms with E-state index in [-0.39, 0.29) is 29.8 Å². The lowest BCUT2D eigenvalue weighted by Crippen LogP contribution is -2.47. The van der Waals surface area contributed by atoms with E-state index >= 15 is 0 Å². The molecule has 9 aromatic rings. The third kappa shape index (κ3) is 5.66. The molecule has 13 rings (SSSR count). The SMILES string of the molecule is C[C@H]1C(c2ccccc2)=C(n2c3ccccc3c3cc4c(cc32)c2ccccc2n4-c2ccccc2)C(C2C=CC=CC2)=CC1C1=c2oc3ccccc3c2=NC(C2C=CC=CC2)N1. The van der Waals surface area contributed by atoms with Gasteiger partial charge in [0.05, 0.1) is 33.5 Å². The lowest BCUT2D eigenvalue weighted by Gasteiger charge is -2.39. The summed E-state index contributed by atoms with van der Waals surface area (Å²) in [6.45, 7) is 2.43. The van der Waals surface area contributed by atoms with Crippen LogP contribution in [0.5, 0.6) is 0 Å². The maximum absolute atomic E-state index is 6.88. The number of para-hydroxylation sites is 4. The Bertz CT molecular complexity index is 3680. The fourth-order valence-electron chi connectivity index (χ4n) is 11.2. The zero-order chi connectivity index (χ0) is 42.3. The zero-order valence-electron chi connectivity index (χ0n) is 35.6. The van der Waals surface area contributed by atoms with Crippen LogP contribution >= 0.6 is 0 Å². The van der Waals surface area contributed by atoms with Crippen molar-refractivity contribution in [3.05, 3.63) is 222 Å². The summed E-state index contributed by atoms with van der Waals surface area (Å²) in [5.41, 5.74) is 14.0. The van der Waals surface area contributed by atoms with Gasteiger partial charge in [-0.05, 0) is 84.0 Å². The highest BCUT2D eigenvalue weighted by Gasteiger charge is 2.39. The van der Waals surface area contributed by atoms with Crippen LogP contribution in [-0.4, -0.2) is 15.3 Å². The van der Waals surface area contributed by atoms with Gasteiger partial charge in [-0.1, -0.05) is 159 Å². The summed E-state index contributed by atoms with van der Waals surface area (Å²) in [5, 5.41) is 11.1. The average Bonchev–Trinajstić information content (AvgIpc) is 4.01. The highest BCUT2D eigenvalue weighted by Crippen LogP contribution is 2.51. The predicted octanol–water partition coefficient (Wildman–Crippen LogP) is 12.8. The van der Waals surface area contributed by atoms with Crippen LogP contribution in [0.1, 0.15) is 25.3 Å². The molecular formula is C59H46N4O. The molecule has 0 saturated heterocycles. The molecule has 0 amide bonds. The molecule has 6 aromatic carbocycles. The van der Waals surface area contributed by atoms with Gasteiger partial charge in [-0.15, -0.1) is 0 Å². The maximum Gasteiger partial charge on any atom is 0.172 e. The first-order valence-corrected chi connectivity index (χ1v) is 22.8. The van der Waals surface area contributed by atoms with Crippen molar-refractivity contribution in [1.82, 2.24) is 14.5 Å². The van der Waals surface area contributed by atoms with Crippen molar-refractivity contribution in [1.29, 1.82) is 0 Å². The molecule has 64 heavy (non-hydrogen) atoms. The van der Waals surface area contributed by atoms with E-state index < -0.39 is 0 Å². The Morgan fingerprint density at radius 3 is 1.92 bits per heavy atom. The van der Waals surface area contributed by atoms with Crippen molar-refractivity contribution < 1.29 is 4.42 Å². The number of allylic oxidation sites excluding steroid dienone is 10. The Kier molecular flexibility index (Phi) is 8.52. The molecule has 0 saturated carbocycles. The Morgan fingerprint density at radius 1 is 0.594 bits per heavy atom. The number of hydrogen-bond acceptors (Lipinski definition) is 3. The number of fused-ring (bicyclic) bond motifs is 9. The van der Waals surface area contributed by atoms with Gasteiger partial charge in [-0.25, -0.2) is 0 Å². The van der Waals surface area contributed by atoms with Crippen molar-refractivity contribution in [3.8, 4) is 5.69 Å². The van der Waals surface area contributed by atoms with E-state index in [4.69, 9.17) is 9.41 Å². The van der Waals surface area contributed by atoms with Crippen molar-refractivity contribution in [2.24, 2.45) is 28.7 Å². The number of rotatable bonds is 6. The van der Waals surface area contributed by atoms with E-state index in [9.17, 15) is 0 Å². The quantitative estimate of drug-likeness (QED) is 0.182. The number of nitrogens with one attached hydrogen (secondary N) is 1. The molecule has 4 heterocycles. The molecule has 0 bridgehead atoms. The fraction of sp³-hybridized carbons (Fsp3) is 0.136. The van der Waals surface area contributed by atoms with Crippen LogP contribution in [0.25, 0.3) is 77.2 Å². The van der Waals surface area contributed by atoms with Gasteiger partial charge in [0, 0.05) is 50.4 Å². The number of furan rings is 1. The second kappa shape index (κ2) is 14.7. The highest BCUT2D eigenvalue weighted by molar-refractivity contribution is 6.20. The molecular weight excluding hydrogens is 781 g/mol. The van der Waals surface area contributed by atoms with E-state index in [1.807, 2.05) is 0 Å². The zero-order valence-corrected chi connectivity index (χ0v) is 35.6. The monoisotopic (exact) mass is 826 g/mol. The Morgan fingerprint density at radius 2 is 1.22 bits per heavy atom. The molecule has 5 nitrogen and oxygen atoms in total. The van der Waals surface area contributed by atoms with Crippen LogP contribution in [0.2, 0.25) is 0 Å². The lowest BCUT2D eigenvalue weighted by molar-refractivity contribution is 0.421. The summed E-state index contributed by atoms with van der Waals surface area (Å²) < 4.78 is 11.9. The normalized spacial score (nSPS) is 21.9. The standard InChI is InChI=1S/C59H46N4O/c1-37-45(56-58-55(44-30-16-19-33-53(44)64-58)60-59(61-56)40-24-10-4-11-25-40)34-46(38-20-6-2-7-21-38)57(54(37)39-22-8-3-9-23-39)63-50-32-18-15-29-43(50)48-35-51-47(36-52(48)63)42-28-14-17-31-49(42)62(51)41-26-12-5-13-27-41/h2-20,22-24,26-38,40,45,59,61H,21,25H2,1H3/t37-,38?,40?,45?,59?/m1/s1. The number of hydrogen-bond donors (Lipinski definition) is 1. The first-order valence-electron chi connectivity index (χ1n) is 22.8. The third-order valence-electron chi connectivity index (χ3n) is 14.2. The van der Waals surface area contributed by atoms with Gasteiger partial charge in [0.2, 0.25) is 0 Å². The fourth-order valence-corrected chi connectivity index (χ4v) is 11.2. The van der Waals surface area contributed by atoms with E-state index in [0.29, 0.717) is 0 Å². The molecule has 4 aliphatic rings. The Hall–Kier alpha value is -7.63. The van der Waals surface area contributed by atoms with Crippen molar-refractivity contribution in [2.75, 3.05) is 0 Å². The summed E-state index contributed by atoms with van der Waals surface area (Å²) in [6.07, 6.45) is 22.3. The molecule has 308 valence electrons. The summed E-state index contributed by atoms with van der Waals surface area (Å²) in [7, 11) is 0. The van der Waals surface area contributed by atoms with Gasteiger partial charge in [-0.3, -0.25) is 4.99 Å². The number of nitrogens with zero attached hydrogens (tertiary/aromatic N) is 3. The van der Waals surface area contributed by atoms with Crippen molar-refractivity contribution in [2.45, 2.75) is 25.9 Å². The molecule has 4 unspecified atom stereocenters. The van der Waals surface area contributed by atoms with Gasteiger partial charge in [0.25, 0.3) is 0 Å². The van der Waals surface area contributed by atoms with E-state index in [2.05, 4.69) is 222 Å². The second-order valence-electron chi connectivity index (χ2n) is 17.8.